The van der Waals surface area contributed by atoms with E-state index in [1.807, 2.05) is 0 Å². The van der Waals surface area contributed by atoms with E-state index in [0.717, 1.165) is 0 Å². The van der Waals surface area contributed by atoms with E-state index in [4.69, 9.17) is 9.57 Å². The maximum Gasteiger partial charge on any atom is 0.122 e. The van der Waals surface area contributed by atoms with Gasteiger partial charge in [-0.3, -0.25) is 9.83 Å². The van der Waals surface area contributed by atoms with Crippen LogP contribution in [0.25, 0.3) is 0 Å². The van der Waals surface area contributed by atoms with Crippen LogP contribution in [0.1, 0.15) is 6.42 Å². The number of halogens is 1. The molecule has 1 atom stereocenters. The molecule has 2 aliphatic heterocycles. The minimum absolute atomic E-state index is 0.0640. The van der Waals surface area contributed by atoms with Gasteiger partial charge in [0.15, 0.2) is 0 Å². The number of rotatable bonds is 4. The average Bonchev–Trinajstić information content (AvgIpc) is 2.74. The summed E-state index contributed by atoms with van der Waals surface area (Å²) in [5.41, 5.74) is 0.413. The van der Waals surface area contributed by atoms with E-state index in [1.54, 1.807) is 5.06 Å². The Morgan fingerprint density at radius 1 is 1.65 bits per heavy atom. The van der Waals surface area contributed by atoms with E-state index in [0.29, 0.717) is 25.5 Å². The standard InChI is InChI=1S/C11H15FN2O3/c12-10-1-2-13-6-9(5-10)11(15)7-17-14-3-4-16-8-14/h2,5-6,11,15H,1,3-4,7-8H2/t11-/m0/s1. The number of aliphatic hydroxyl groups excluding tert-OH is 1. The highest BCUT2D eigenvalue weighted by atomic mass is 19.1. The molecule has 1 fully saturated rings. The van der Waals surface area contributed by atoms with Crippen molar-refractivity contribution in [1.82, 2.24) is 5.06 Å². The summed E-state index contributed by atoms with van der Waals surface area (Å²) in [6.07, 6.45) is 3.47. The van der Waals surface area contributed by atoms with Crippen molar-refractivity contribution in [3.05, 3.63) is 23.7 Å². The zero-order chi connectivity index (χ0) is 12.1. The monoisotopic (exact) mass is 242 g/mol. The van der Waals surface area contributed by atoms with Crippen molar-refractivity contribution >= 4 is 6.21 Å². The van der Waals surface area contributed by atoms with Crippen LogP contribution in [0.4, 0.5) is 4.39 Å². The van der Waals surface area contributed by atoms with Crippen molar-refractivity contribution in [1.29, 1.82) is 0 Å². The van der Waals surface area contributed by atoms with Gasteiger partial charge in [-0.1, -0.05) is 0 Å². The zero-order valence-electron chi connectivity index (χ0n) is 9.38. The second-order valence-electron chi connectivity index (χ2n) is 3.81. The SMILES string of the molecule is O[C@@H](CON1CCOC1)C1=CN=CCC(F)=C1. The lowest BCUT2D eigenvalue weighted by Crippen LogP contribution is -2.27. The van der Waals surface area contributed by atoms with Gasteiger partial charge < -0.3 is 9.84 Å². The van der Waals surface area contributed by atoms with Crippen molar-refractivity contribution < 1.29 is 19.1 Å². The van der Waals surface area contributed by atoms with Crippen LogP contribution in [0.5, 0.6) is 0 Å². The second kappa shape index (κ2) is 6.02. The fourth-order valence-corrected chi connectivity index (χ4v) is 1.51. The molecule has 0 bridgehead atoms. The number of hydrogen-bond donors (Lipinski definition) is 1. The van der Waals surface area contributed by atoms with Gasteiger partial charge in [0, 0.05) is 24.4 Å². The van der Waals surface area contributed by atoms with Gasteiger partial charge in [0.25, 0.3) is 0 Å². The average molecular weight is 242 g/mol. The fourth-order valence-electron chi connectivity index (χ4n) is 1.51. The second-order valence-corrected chi connectivity index (χ2v) is 3.81. The summed E-state index contributed by atoms with van der Waals surface area (Å²) in [4.78, 5) is 9.18. The van der Waals surface area contributed by atoms with Gasteiger partial charge in [-0.05, 0) is 6.08 Å². The number of aliphatic imine (C=N–C) groups is 1. The lowest BCUT2D eigenvalue weighted by atomic mass is 10.1. The molecule has 0 aromatic rings. The maximum absolute atomic E-state index is 13.1. The molecular weight excluding hydrogens is 227 g/mol. The Labute approximate surface area is 98.8 Å². The Hall–Kier alpha value is -1.08. The van der Waals surface area contributed by atoms with E-state index in [-0.39, 0.29) is 18.9 Å². The topological polar surface area (TPSA) is 54.3 Å². The number of ether oxygens (including phenoxy) is 1. The first-order valence-electron chi connectivity index (χ1n) is 5.47. The lowest BCUT2D eigenvalue weighted by molar-refractivity contribution is -0.176. The number of aliphatic hydroxyl groups is 1. The van der Waals surface area contributed by atoms with Crippen LogP contribution in [-0.2, 0) is 9.57 Å². The molecule has 0 amide bonds. The Morgan fingerprint density at radius 3 is 3.29 bits per heavy atom. The summed E-state index contributed by atoms with van der Waals surface area (Å²) in [6.45, 7) is 1.76. The predicted octanol–water partition coefficient (Wildman–Crippen LogP) is 0.780. The molecule has 1 N–H and O–H groups in total. The minimum atomic E-state index is -0.892. The largest absolute Gasteiger partial charge is 0.386 e. The van der Waals surface area contributed by atoms with Crippen LogP contribution in [0.3, 0.4) is 0 Å². The van der Waals surface area contributed by atoms with Gasteiger partial charge in [-0.25, -0.2) is 4.39 Å². The fraction of sp³-hybridized carbons (Fsp3) is 0.545. The third-order valence-electron chi connectivity index (χ3n) is 2.46. The van der Waals surface area contributed by atoms with Gasteiger partial charge in [0.2, 0.25) is 0 Å². The molecule has 0 radical (unpaired) electrons. The van der Waals surface area contributed by atoms with E-state index >= 15 is 0 Å². The molecule has 2 heterocycles. The molecule has 0 aliphatic carbocycles. The van der Waals surface area contributed by atoms with Crippen molar-refractivity contribution in [3.63, 3.8) is 0 Å². The summed E-state index contributed by atoms with van der Waals surface area (Å²) >= 11 is 0. The van der Waals surface area contributed by atoms with E-state index in [2.05, 4.69) is 4.99 Å². The molecule has 0 aromatic heterocycles. The van der Waals surface area contributed by atoms with Crippen molar-refractivity contribution in [2.45, 2.75) is 12.5 Å². The molecule has 0 saturated carbocycles. The Bertz CT molecular complexity index is 349. The van der Waals surface area contributed by atoms with E-state index < -0.39 is 6.10 Å². The Morgan fingerprint density at radius 2 is 2.53 bits per heavy atom. The van der Waals surface area contributed by atoms with Gasteiger partial charge in [-0.15, -0.1) is 0 Å². The molecule has 0 spiro atoms. The molecule has 94 valence electrons. The predicted molar refractivity (Wildman–Crippen MR) is 59.9 cm³/mol. The smallest absolute Gasteiger partial charge is 0.122 e. The van der Waals surface area contributed by atoms with Crippen LogP contribution < -0.4 is 0 Å². The van der Waals surface area contributed by atoms with Gasteiger partial charge in [-0.2, -0.15) is 5.06 Å². The third kappa shape index (κ3) is 3.71. The van der Waals surface area contributed by atoms with Crippen LogP contribution in [0.15, 0.2) is 28.7 Å². The minimum Gasteiger partial charge on any atom is -0.386 e. The summed E-state index contributed by atoms with van der Waals surface area (Å²) in [7, 11) is 0. The van der Waals surface area contributed by atoms with Crippen molar-refractivity contribution in [2.24, 2.45) is 4.99 Å². The molecule has 6 heteroatoms. The first-order chi connectivity index (χ1) is 8.25. The summed E-state index contributed by atoms with van der Waals surface area (Å²) < 4.78 is 18.2. The maximum atomic E-state index is 13.1. The van der Waals surface area contributed by atoms with Crippen molar-refractivity contribution in [2.75, 3.05) is 26.5 Å². The molecule has 2 rings (SSSR count). The highest BCUT2D eigenvalue weighted by Gasteiger charge is 2.17. The lowest BCUT2D eigenvalue weighted by Gasteiger charge is -2.16. The van der Waals surface area contributed by atoms with Crippen LogP contribution in [0.2, 0.25) is 0 Å². The molecule has 0 unspecified atom stereocenters. The molecule has 1 saturated heterocycles. The number of hydroxylamine groups is 2. The molecule has 5 nitrogen and oxygen atoms in total. The van der Waals surface area contributed by atoms with Gasteiger partial charge in [0.1, 0.15) is 18.7 Å². The van der Waals surface area contributed by atoms with E-state index in [1.165, 1.54) is 18.5 Å². The summed E-state index contributed by atoms with van der Waals surface area (Å²) in [5.74, 6) is -0.318. The van der Waals surface area contributed by atoms with Crippen LogP contribution >= 0.6 is 0 Å². The Balaban J connectivity index is 1.85. The Kier molecular flexibility index (Phi) is 4.38. The molecule has 0 aromatic carbocycles. The third-order valence-corrected chi connectivity index (χ3v) is 2.46. The highest BCUT2D eigenvalue weighted by Crippen LogP contribution is 2.15. The van der Waals surface area contributed by atoms with Crippen LogP contribution in [0, 0.1) is 0 Å². The van der Waals surface area contributed by atoms with Crippen LogP contribution in [-0.4, -0.2) is 49.0 Å². The van der Waals surface area contributed by atoms with Gasteiger partial charge in [0.05, 0.1) is 19.8 Å². The molecule has 17 heavy (non-hydrogen) atoms. The normalized spacial score (nSPS) is 23.2. The number of allylic oxidation sites excluding steroid dienone is 1. The quantitative estimate of drug-likeness (QED) is 0.791. The first kappa shape index (κ1) is 12.4. The first-order valence-corrected chi connectivity index (χ1v) is 5.47. The molecule has 2 aliphatic rings. The van der Waals surface area contributed by atoms with Gasteiger partial charge >= 0.3 is 0 Å². The highest BCUT2D eigenvalue weighted by molar-refractivity contribution is 5.63. The molecular formula is C11H15FN2O3. The zero-order valence-corrected chi connectivity index (χ0v) is 9.38. The summed E-state index contributed by atoms with van der Waals surface area (Å²) in [5, 5.41) is 11.4. The number of hydrogen-bond acceptors (Lipinski definition) is 5. The van der Waals surface area contributed by atoms with E-state index in [9.17, 15) is 9.50 Å². The van der Waals surface area contributed by atoms with Crippen molar-refractivity contribution in [3.8, 4) is 0 Å². The summed E-state index contributed by atoms with van der Waals surface area (Å²) in [6, 6.07) is 0. The number of nitrogens with zero attached hydrogens (tertiary/aromatic N) is 2.